The molecule has 0 spiro atoms. The Kier molecular flexibility index (Phi) is 6.26. The first-order valence-corrected chi connectivity index (χ1v) is 9.47. The number of anilines is 4. The van der Waals surface area contributed by atoms with E-state index in [1.54, 1.807) is 0 Å². The summed E-state index contributed by atoms with van der Waals surface area (Å²) in [6.07, 6.45) is 1.82. The number of nitrogen functional groups attached to an aromatic ring is 1. The monoisotopic (exact) mass is 361 g/mol. The highest BCUT2D eigenvalue weighted by Gasteiger charge is 2.10. The quantitative estimate of drug-likeness (QED) is 0.581. The minimum atomic E-state index is 0.605. The Labute approximate surface area is 161 Å². The van der Waals surface area contributed by atoms with Crippen LogP contribution in [0.2, 0.25) is 0 Å². The van der Waals surface area contributed by atoms with Crippen molar-refractivity contribution in [2.24, 2.45) is 0 Å². The van der Waals surface area contributed by atoms with Crippen LogP contribution >= 0.6 is 0 Å². The van der Waals surface area contributed by atoms with E-state index in [0.29, 0.717) is 11.6 Å². The van der Waals surface area contributed by atoms with Gasteiger partial charge in [-0.1, -0.05) is 36.4 Å². The smallest absolute Gasteiger partial charge is 0.229 e. The molecule has 1 aromatic heterocycles. The number of aromatic nitrogens is 2. The molecule has 140 valence electrons. The summed E-state index contributed by atoms with van der Waals surface area (Å²) < 4.78 is 0. The van der Waals surface area contributed by atoms with Gasteiger partial charge in [-0.15, -0.1) is 0 Å². The molecule has 3 rings (SSSR count). The summed E-state index contributed by atoms with van der Waals surface area (Å²) in [4.78, 5) is 11.7. The molecule has 0 unspecified atom stereocenters. The molecular weight excluding hydrogens is 334 g/mol. The van der Waals surface area contributed by atoms with Crippen molar-refractivity contribution in [1.82, 2.24) is 9.97 Å². The van der Waals surface area contributed by atoms with Gasteiger partial charge in [0.2, 0.25) is 5.95 Å². The molecule has 0 saturated heterocycles. The maximum Gasteiger partial charge on any atom is 0.229 e. The zero-order chi connectivity index (χ0) is 19.1. The molecule has 0 saturated carbocycles. The molecule has 0 aliphatic rings. The van der Waals surface area contributed by atoms with Gasteiger partial charge in [0.1, 0.15) is 5.82 Å². The molecular formula is C22H27N5. The lowest BCUT2D eigenvalue weighted by Gasteiger charge is -2.21. The lowest BCUT2D eigenvalue weighted by Crippen LogP contribution is -2.23. The van der Waals surface area contributed by atoms with Gasteiger partial charge in [0.15, 0.2) is 0 Å². The third-order valence-electron chi connectivity index (χ3n) is 4.51. The molecule has 0 fully saturated rings. The van der Waals surface area contributed by atoms with E-state index >= 15 is 0 Å². The maximum absolute atomic E-state index is 5.89. The number of nitrogens with one attached hydrogen (secondary N) is 1. The summed E-state index contributed by atoms with van der Waals surface area (Å²) in [5, 5.41) is 3.30. The Balaban J connectivity index is 1.86. The third-order valence-corrected chi connectivity index (χ3v) is 4.51. The number of rotatable bonds is 8. The number of aryl methyl sites for hydroxylation is 2. The first-order valence-electron chi connectivity index (χ1n) is 9.47. The average molecular weight is 361 g/mol. The van der Waals surface area contributed by atoms with Gasteiger partial charge in [0, 0.05) is 36.2 Å². The summed E-state index contributed by atoms with van der Waals surface area (Å²) in [5.41, 5.74) is 9.83. The van der Waals surface area contributed by atoms with Crippen molar-refractivity contribution in [2.75, 3.05) is 29.0 Å². The SMILES string of the molecule is CCN(CC)c1cc(CCc2ccccc2)nc(Nc2cccc(N)c2)n1. The topological polar surface area (TPSA) is 67.1 Å². The van der Waals surface area contributed by atoms with Gasteiger partial charge >= 0.3 is 0 Å². The van der Waals surface area contributed by atoms with Crippen molar-refractivity contribution in [3.63, 3.8) is 0 Å². The Morgan fingerprint density at radius 3 is 2.37 bits per heavy atom. The molecule has 5 heteroatoms. The van der Waals surface area contributed by atoms with Crippen molar-refractivity contribution >= 4 is 23.1 Å². The van der Waals surface area contributed by atoms with Gasteiger partial charge in [-0.25, -0.2) is 4.98 Å². The summed E-state index contributed by atoms with van der Waals surface area (Å²) in [7, 11) is 0. The van der Waals surface area contributed by atoms with E-state index in [-0.39, 0.29) is 0 Å². The average Bonchev–Trinajstić information content (AvgIpc) is 2.68. The standard InChI is InChI=1S/C22H27N5/c1-3-27(4-2)21-16-20(14-13-17-9-6-5-7-10-17)25-22(26-21)24-19-12-8-11-18(23)15-19/h5-12,15-16H,3-4,13-14,23H2,1-2H3,(H,24,25,26). The lowest BCUT2D eigenvalue weighted by atomic mass is 10.1. The highest BCUT2D eigenvalue weighted by atomic mass is 15.2. The predicted octanol–water partition coefficient (Wildman–Crippen LogP) is 4.43. The molecule has 0 atom stereocenters. The van der Waals surface area contributed by atoms with Gasteiger partial charge in [-0.05, 0) is 50.5 Å². The van der Waals surface area contributed by atoms with Crippen LogP contribution in [0.3, 0.4) is 0 Å². The molecule has 0 bridgehead atoms. The van der Waals surface area contributed by atoms with Gasteiger partial charge in [0.05, 0.1) is 0 Å². The van der Waals surface area contributed by atoms with Crippen LogP contribution in [0.5, 0.6) is 0 Å². The summed E-state index contributed by atoms with van der Waals surface area (Å²) >= 11 is 0. The number of nitrogens with two attached hydrogens (primary N) is 1. The third kappa shape index (κ3) is 5.20. The zero-order valence-electron chi connectivity index (χ0n) is 16.0. The summed E-state index contributed by atoms with van der Waals surface area (Å²) in [6.45, 7) is 6.09. The Hall–Kier alpha value is -3.08. The number of nitrogens with zero attached hydrogens (tertiary/aromatic N) is 3. The number of hydrogen-bond donors (Lipinski definition) is 2. The normalized spacial score (nSPS) is 10.6. The molecule has 3 N–H and O–H groups in total. The molecule has 1 heterocycles. The molecule has 5 nitrogen and oxygen atoms in total. The van der Waals surface area contributed by atoms with Crippen LogP contribution in [0.4, 0.5) is 23.1 Å². The van der Waals surface area contributed by atoms with E-state index in [9.17, 15) is 0 Å². The second-order valence-corrected chi connectivity index (χ2v) is 6.45. The van der Waals surface area contributed by atoms with Gasteiger partial charge in [0.25, 0.3) is 0 Å². The fourth-order valence-electron chi connectivity index (χ4n) is 3.04. The fourth-order valence-corrected chi connectivity index (χ4v) is 3.04. The number of benzene rings is 2. The molecule has 0 amide bonds. The van der Waals surface area contributed by atoms with Gasteiger partial charge < -0.3 is 16.0 Å². The summed E-state index contributed by atoms with van der Waals surface area (Å²) in [6, 6.07) is 20.2. The fraction of sp³-hybridized carbons (Fsp3) is 0.273. The summed E-state index contributed by atoms with van der Waals surface area (Å²) in [5.74, 6) is 1.55. The van der Waals surface area contributed by atoms with E-state index in [0.717, 1.165) is 43.1 Å². The Morgan fingerprint density at radius 2 is 1.67 bits per heavy atom. The van der Waals surface area contributed by atoms with Crippen LogP contribution < -0.4 is 16.0 Å². The number of hydrogen-bond acceptors (Lipinski definition) is 5. The zero-order valence-corrected chi connectivity index (χ0v) is 16.0. The second kappa shape index (κ2) is 9.03. The minimum absolute atomic E-state index is 0.605. The Bertz CT molecular complexity index is 860. The van der Waals surface area contributed by atoms with Crippen LogP contribution in [0.15, 0.2) is 60.7 Å². The first-order chi connectivity index (χ1) is 13.2. The first kappa shape index (κ1) is 18.7. The van der Waals surface area contributed by atoms with Crippen molar-refractivity contribution in [1.29, 1.82) is 0 Å². The lowest BCUT2D eigenvalue weighted by molar-refractivity contribution is 0.829. The van der Waals surface area contributed by atoms with Crippen LogP contribution in [-0.2, 0) is 12.8 Å². The largest absolute Gasteiger partial charge is 0.399 e. The highest BCUT2D eigenvalue weighted by molar-refractivity contribution is 5.60. The van der Waals surface area contributed by atoms with Crippen LogP contribution in [0.25, 0.3) is 0 Å². The predicted molar refractivity (Wildman–Crippen MR) is 114 cm³/mol. The van der Waals surface area contributed by atoms with Crippen molar-refractivity contribution in [2.45, 2.75) is 26.7 Å². The maximum atomic E-state index is 5.89. The molecule has 0 radical (unpaired) electrons. The molecule has 27 heavy (non-hydrogen) atoms. The molecule has 2 aromatic carbocycles. The van der Waals surface area contributed by atoms with E-state index in [2.05, 4.69) is 54.4 Å². The van der Waals surface area contributed by atoms with Crippen LogP contribution in [0, 0.1) is 0 Å². The highest BCUT2D eigenvalue weighted by Crippen LogP contribution is 2.21. The van der Waals surface area contributed by atoms with E-state index in [1.165, 1.54) is 5.56 Å². The van der Waals surface area contributed by atoms with Gasteiger partial charge in [-0.2, -0.15) is 4.98 Å². The van der Waals surface area contributed by atoms with E-state index in [4.69, 9.17) is 15.7 Å². The molecule has 3 aromatic rings. The van der Waals surface area contributed by atoms with Crippen molar-refractivity contribution in [3.8, 4) is 0 Å². The van der Waals surface area contributed by atoms with Crippen LogP contribution in [-0.4, -0.2) is 23.1 Å². The van der Waals surface area contributed by atoms with Crippen LogP contribution in [0.1, 0.15) is 25.1 Å². The van der Waals surface area contributed by atoms with E-state index < -0.39 is 0 Å². The van der Waals surface area contributed by atoms with Crippen molar-refractivity contribution in [3.05, 3.63) is 71.9 Å². The molecule has 0 aliphatic carbocycles. The Morgan fingerprint density at radius 1 is 0.889 bits per heavy atom. The molecule has 0 aliphatic heterocycles. The van der Waals surface area contributed by atoms with E-state index in [1.807, 2.05) is 30.3 Å². The van der Waals surface area contributed by atoms with Gasteiger partial charge in [-0.3, -0.25) is 0 Å². The van der Waals surface area contributed by atoms with Crippen molar-refractivity contribution < 1.29 is 0 Å². The second-order valence-electron chi connectivity index (χ2n) is 6.45. The minimum Gasteiger partial charge on any atom is -0.399 e.